The molecule has 1 unspecified atom stereocenters. The molecule has 0 amide bonds. The van der Waals surface area contributed by atoms with E-state index in [0.29, 0.717) is 40.1 Å². The molecule has 0 fully saturated rings. The van der Waals surface area contributed by atoms with Gasteiger partial charge in [-0.2, -0.15) is 0 Å². The van der Waals surface area contributed by atoms with Crippen molar-refractivity contribution in [3.63, 3.8) is 0 Å². The predicted molar refractivity (Wildman–Crippen MR) is 210 cm³/mol. The molecule has 14 N–H and O–H groups in total. The Morgan fingerprint density at radius 2 is 0.806 bits per heavy atom. The number of carbonyl (C=O) groups excluding carboxylic acids is 2. The van der Waals surface area contributed by atoms with Gasteiger partial charge in [0, 0.05) is 12.2 Å². The number of hydrogen-bond acceptors (Lipinski definition) is 22. The predicted octanol–water partition coefficient (Wildman–Crippen LogP) is -7.48. The molecule has 0 radical (unpaired) electrons. The largest absolute Gasteiger partial charge is 0.478 e. The van der Waals surface area contributed by atoms with Gasteiger partial charge in [0.25, 0.3) is 0 Å². The number of rotatable bonds is 19. The van der Waals surface area contributed by atoms with Crippen LogP contribution >= 0.6 is 0 Å². The lowest BCUT2D eigenvalue weighted by atomic mass is 10.1. The summed E-state index contributed by atoms with van der Waals surface area (Å²) in [4.78, 5) is 75.8. The fraction of sp³-hybridized carbons (Fsp3) is 0.571. The monoisotopic (exact) mass is 905 g/mol. The second-order valence-electron chi connectivity index (χ2n) is 10.9. The number of ether oxygens (including phenoxy) is 3. The smallest absolute Gasteiger partial charge is 0.338 e. The molecule has 1 atom stereocenters. The van der Waals surface area contributed by atoms with Gasteiger partial charge in [-0.15, -0.1) is 0 Å². The summed E-state index contributed by atoms with van der Waals surface area (Å²) >= 11 is 0. The highest BCUT2D eigenvalue weighted by Crippen LogP contribution is 2.03. The van der Waals surface area contributed by atoms with E-state index in [9.17, 15) is 33.6 Å². The molecule has 2 aromatic rings. The Labute approximate surface area is 352 Å². The molecule has 27 heteroatoms. The molecule has 0 saturated heterocycles. The normalized spacial score (nSPS) is 11.3. The van der Waals surface area contributed by atoms with Gasteiger partial charge in [-0.05, 0) is 31.2 Å². The van der Waals surface area contributed by atoms with E-state index in [1.165, 1.54) is 31.2 Å². The number of carboxylic acids is 2. The summed E-state index contributed by atoms with van der Waals surface area (Å²) in [5.41, 5.74) is -2.49. The quantitative estimate of drug-likeness (QED) is 0.0354. The maximum atomic E-state index is 11.8. The van der Waals surface area contributed by atoms with E-state index in [1.807, 2.05) is 0 Å². The van der Waals surface area contributed by atoms with Crippen molar-refractivity contribution < 1.29 is 105 Å². The molecule has 62 heavy (non-hydrogen) atoms. The summed E-state index contributed by atoms with van der Waals surface area (Å²) in [7, 11) is 0. The van der Waals surface area contributed by atoms with Gasteiger partial charge in [-0.1, -0.05) is 0 Å². The van der Waals surface area contributed by atoms with Crippen LogP contribution in [0, 0.1) is 0 Å². The topological polar surface area (TPSA) is 445 Å². The first-order valence-electron chi connectivity index (χ1n) is 17.9. The molecule has 2 heterocycles. The van der Waals surface area contributed by atoms with Crippen LogP contribution < -0.4 is 17.1 Å². The minimum atomic E-state index is -1.06. The summed E-state index contributed by atoms with van der Waals surface area (Å²) in [6.45, 7) is 0.0559. The number of cyclic esters (lactones) is 2. The highest BCUT2D eigenvalue weighted by Gasteiger charge is 2.14. The van der Waals surface area contributed by atoms with Crippen LogP contribution in [0.15, 0.2) is 50.8 Å². The Kier molecular flexibility index (Phi) is 43.6. The van der Waals surface area contributed by atoms with E-state index in [2.05, 4.69) is 4.74 Å². The van der Waals surface area contributed by atoms with Gasteiger partial charge in [-0.3, -0.25) is 0 Å². The molecular formula is C35H59N3O24. The van der Waals surface area contributed by atoms with E-state index in [1.54, 1.807) is 0 Å². The molecule has 358 valence electrons. The fourth-order valence-electron chi connectivity index (χ4n) is 3.12. The molecule has 27 nitrogen and oxygen atoms in total. The Morgan fingerprint density at radius 1 is 0.516 bits per heavy atom. The number of nitrogens with zero attached hydrogens (tertiary/aromatic N) is 3. The Bertz CT molecular complexity index is 1500. The Hall–Kier alpha value is -5.11. The number of carbonyl (C=O) groups is 4. The second kappa shape index (κ2) is 42.6. The Morgan fingerprint density at radius 3 is 0.952 bits per heavy atom. The maximum Gasteiger partial charge on any atom is 0.338 e. The van der Waals surface area contributed by atoms with Gasteiger partial charge in [0.05, 0.1) is 129 Å². The zero-order chi connectivity index (χ0) is 48.5. The van der Waals surface area contributed by atoms with Crippen LogP contribution in [0.3, 0.4) is 0 Å². The molecule has 0 bridgehead atoms. The van der Waals surface area contributed by atoms with E-state index >= 15 is 0 Å². The van der Waals surface area contributed by atoms with Crippen LogP contribution in [-0.2, 0) is 43.4 Å². The van der Waals surface area contributed by atoms with Crippen LogP contribution in [0.1, 0.15) is 27.6 Å². The molecule has 1 aromatic heterocycles. The molecule has 1 aromatic carbocycles. The number of aliphatic hydroxyl groups is 12. The number of esters is 2. The third-order valence-electron chi connectivity index (χ3n) is 5.92. The van der Waals surface area contributed by atoms with E-state index in [-0.39, 0.29) is 77.0 Å². The van der Waals surface area contributed by atoms with Crippen LogP contribution in [0.5, 0.6) is 0 Å². The minimum absolute atomic E-state index is 0.0417. The third kappa shape index (κ3) is 33.6. The van der Waals surface area contributed by atoms with E-state index < -0.39 is 73.0 Å². The van der Waals surface area contributed by atoms with Crippen LogP contribution in [0.2, 0.25) is 0 Å². The first-order valence-corrected chi connectivity index (χ1v) is 17.9. The fourth-order valence-corrected chi connectivity index (χ4v) is 3.12. The maximum absolute atomic E-state index is 11.8. The molecule has 0 aliphatic carbocycles. The van der Waals surface area contributed by atoms with Crippen molar-refractivity contribution in [2.45, 2.75) is 38.8 Å². The summed E-state index contributed by atoms with van der Waals surface area (Å²) in [5.74, 6) is -3.28. The lowest BCUT2D eigenvalue weighted by Crippen LogP contribution is -2.55. The second-order valence-corrected chi connectivity index (χ2v) is 10.9. The molecular weight excluding hydrogens is 846 g/mol. The molecule has 1 aliphatic heterocycles. The molecule has 0 spiro atoms. The first-order chi connectivity index (χ1) is 29.4. The van der Waals surface area contributed by atoms with Crippen molar-refractivity contribution in [2.24, 2.45) is 0 Å². The summed E-state index contributed by atoms with van der Waals surface area (Å²) in [5, 5.41) is 115. The van der Waals surface area contributed by atoms with Gasteiger partial charge in [0.1, 0.15) is 6.10 Å². The van der Waals surface area contributed by atoms with Crippen molar-refractivity contribution in [1.29, 1.82) is 0 Å². The van der Waals surface area contributed by atoms with Gasteiger partial charge in [0.15, 0.2) is 0 Å². The standard InChI is InChI=1S/C9H15N3O6.C8H6O4.C6H14O4.C4H2O3.C3H8O3.C3H8O2.C2H6O2/c13-4-1-10-7(16)11(2-5-14)9(18)12(3-6-15)8(10)17;9-7(10)5-1-2-6(4-3-5)8(11)12;7-1-3-9-5-6-10-4-2-8;5-3-1-2-4(6)7-3;4-1-3(6)2-5;1-3(5)2-4;3-1-2-4/h13-15H,1-6H2;1-4H,(H,9,10)(H,11,12);7-8H,1-6H2;1-2H;3-6H,1-2H2;3-5H,2H2,1H3;3-4H,1-2H2. The van der Waals surface area contributed by atoms with Crippen LogP contribution in [0.25, 0.3) is 0 Å². The number of aromatic carboxylic acids is 2. The van der Waals surface area contributed by atoms with Gasteiger partial charge < -0.3 is 85.7 Å². The summed E-state index contributed by atoms with van der Waals surface area (Å²) in [6, 6.07) is 5.02. The van der Waals surface area contributed by atoms with Crippen LogP contribution in [-0.4, -0.2) is 214 Å². The van der Waals surface area contributed by atoms with Crippen molar-refractivity contribution in [1.82, 2.24) is 13.7 Å². The molecule has 3 rings (SSSR count). The van der Waals surface area contributed by atoms with Crippen LogP contribution in [0.4, 0.5) is 0 Å². The van der Waals surface area contributed by atoms with Crippen molar-refractivity contribution >= 4 is 23.9 Å². The summed E-state index contributed by atoms with van der Waals surface area (Å²) in [6.07, 6.45) is 0.657. The lowest BCUT2D eigenvalue weighted by Gasteiger charge is -2.11. The number of carboxylic acid groups (broad SMARTS) is 2. The average molecular weight is 906 g/mol. The SMILES string of the molecule is CC(O)CO.O=C(O)c1ccc(C(=O)O)cc1.O=C1C=CC(=O)O1.O=c1n(CCO)c(=O)n(CCO)c(=O)n1CCO.OCC(O)CO.OCCO.OCCOCCOCCO. The van der Waals surface area contributed by atoms with Crippen molar-refractivity contribution in [2.75, 3.05) is 92.5 Å². The van der Waals surface area contributed by atoms with Gasteiger partial charge >= 0.3 is 40.9 Å². The molecule has 1 aliphatic rings. The van der Waals surface area contributed by atoms with E-state index in [4.69, 9.17) is 81.0 Å². The number of aromatic nitrogens is 3. The highest BCUT2D eigenvalue weighted by molar-refractivity contribution is 6.04. The van der Waals surface area contributed by atoms with E-state index in [0.717, 1.165) is 12.2 Å². The zero-order valence-electron chi connectivity index (χ0n) is 33.8. The first kappa shape index (κ1) is 63.5. The van der Waals surface area contributed by atoms with Crippen molar-refractivity contribution in [3.05, 3.63) is 79.0 Å². The highest BCUT2D eigenvalue weighted by atomic mass is 16.6. The average Bonchev–Trinajstić information content (AvgIpc) is 3.66. The number of hydrogen-bond donors (Lipinski definition) is 14. The Balaban J connectivity index is -0.000000337. The van der Waals surface area contributed by atoms with Gasteiger partial charge in [0.2, 0.25) is 0 Å². The lowest BCUT2D eigenvalue weighted by molar-refractivity contribution is -0.150. The summed E-state index contributed by atoms with van der Waals surface area (Å²) < 4.78 is 15.8. The number of benzene rings is 1. The third-order valence-corrected chi connectivity index (χ3v) is 5.92. The minimum Gasteiger partial charge on any atom is -0.478 e. The number of aliphatic hydroxyl groups excluding tert-OH is 12. The zero-order valence-corrected chi connectivity index (χ0v) is 33.8. The van der Waals surface area contributed by atoms with Crippen molar-refractivity contribution in [3.8, 4) is 0 Å². The van der Waals surface area contributed by atoms with Gasteiger partial charge in [-0.25, -0.2) is 47.3 Å². The molecule has 0 saturated carbocycles.